The second kappa shape index (κ2) is 7.92. The number of nitrogens with one attached hydrogen (secondary N) is 1. The highest BCUT2D eigenvalue weighted by Gasteiger charge is 2.45. The van der Waals surface area contributed by atoms with Gasteiger partial charge in [0.25, 0.3) is 11.8 Å². The maximum absolute atomic E-state index is 13.0. The van der Waals surface area contributed by atoms with Crippen LogP contribution in [0.4, 0.5) is 0 Å². The van der Waals surface area contributed by atoms with Gasteiger partial charge in [0, 0.05) is 0 Å². The molecule has 3 unspecified atom stereocenters. The van der Waals surface area contributed by atoms with E-state index in [0.717, 1.165) is 16.0 Å². The minimum absolute atomic E-state index is 0.0430. The first-order chi connectivity index (χ1) is 14.0. The highest BCUT2D eigenvalue weighted by molar-refractivity contribution is 6.22. The number of aliphatic hydroxyl groups is 3. The first-order valence-electron chi connectivity index (χ1n) is 9.44. The van der Waals surface area contributed by atoms with E-state index >= 15 is 0 Å². The van der Waals surface area contributed by atoms with E-state index in [2.05, 4.69) is 5.32 Å². The Balaban J connectivity index is 1.55. The molecule has 29 heavy (non-hydrogen) atoms. The molecule has 4 rings (SSSR count). The number of ether oxygens (including phenoxy) is 1. The highest BCUT2D eigenvalue weighted by atomic mass is 16.5. The third-order valence-corrected chi connectivity index (χ3v) is 5.30. The molecule has 2 aliphatic rings. The molecule has 3 atom stereocenters. The second-order valence-electron chi connectivity index (χ2n) is 7.19. The van der Waals surface area contributed by atoms with Gasteiger partial charge >= 0.3 is 0 Å². The summed E-state index contributed by atoms with van der Waals surface area (Å²) < 4.78 is 5.83. The van der Waals surface area contributed by atoms with Crippen LogP contribution in [0, 0.1) is 0 Å². The van der Waals surface area contributed by atoms with Crippen molar-refractivity contribution in [1.82, 2.24) is 10.2 Å². The lowest BCUT2D eigenvalue weighted by atomic mass is 10.0. The Hall–Kier alpha value is -2.78. The van der Waals surface area contributed by atoms with Crippen molar-refractivity contribution in [2.45, 2.75) is 44.6 Å². The van der Waals surface area contributed by atoms with Crippen LogP contribution in [0.15, 0.2) is 42.5 Å². The quantitative estimate of drug-likeness (QED) is 0.549. The van der Waals surface area contributed by atoms with Crippen LogP contribution in [0.25, 0.3) is 0 Å². The molecule has 1 saturated heterocycles. The Bertz CT molecular complexity index is 929. The maximum atomic E-state index is 13.0. The molecule has 2 heterocycles. The summed E-state index contributed by atoms with van der Waals surface area (Å²) in [6, 6.07) is 11.3. The van der Waals surface area contributed by atoms with Crippen molar-refractivity contribution in [3.8, 4) is 5.75 Å². The zero-order chi connectivity index (χ0) is 20.5. The molecule has 2 aromatic carbocycles. The molecular formula is C21H22N2O6. The Morgan fingerprint density at radius 3 is 2.41 bits per heavy atom. The number of amides is 2. The predicted molar refractivity (Wildman–Crippen MR) is 102 cm³/mol. The Morgan fingerprint density at radius 2 is 1.72 bits per heavy atom. The van der Waals surface area contributed by atoms with Gasteiger partial charge in [0.05, 0.1) is 23.8 Å². The fourth-order valence-electron chi connectivity index (χ4n) is 3.74. The van der Waals surface area contributed by atoms with Crippen LogP contribution < -0.4 is 10.1 Å². The standard InChI is InChI=1S/C21H22N2O6/c24-10-12-4-6-13(7-5-12)11-29-16-3-1-2-14-18(16)21(28)23(20(14)27)15-8-9-17(25)22-19(15)26/h1-7,15,17,19,22,24-26H,8-11H2. The molecule has 0 radical (unpaired) electrons. The van der Waals surface area contributed by atoms with Crippen LogP contribution in [0.3, 0.4) is 0 Å². The van der Waals surface area contributed by atoms with E-state index in [1.807, 2.05) is 12.1 Å². The third kappa shape index (κ3) is 3.63. The third-order valence-electron chi connectivity index (χ3n) is 5.30. The van der Waals surface area contributed by atoms with Gasteiger partial charge in [-0.25, -0.2) is 0 Å². The van der Waals surface area contributed by atoms with Gasteiger partial charge < -0.3 is 20.1 Å². The molecule has 0 aromatic heterocycles. The second-order valence-corrected chi connectivity index (χ2v) is 7.19. The molecule has 4 N–H and O–H groups in total. The molecule has 8 nitrogen and oxygen atoms in total. The Kier molecular flexibility index (Phi) is 5.33. The predicted octanol–water partition coefficient (Wildman–Crippen LogP) is 0.743. The first-order valence-corrected chi connectivity index (χ1v) is 9.44. The van der Waals surface area contributed by atoms with Crippen molar-refractivity contribution in [1.29, 1.82) is 0 Å². The van der Waals surface area contributed by atoms with Crippen LogP contribution in [-0.2, 0) is 13.2 Å². The number of imide groups is 1. The van der Waals surface area contributed by atoms with Gasteiger partial charge in [-0.3, -0.25) is 19.8 Å². The zero-order valence-corrected chi connectivity index (χ0v) is 15.6. The van der Waals surface area contributed by atoms with Crippen molar-refractivity contribution in [3.63, 3.8) is 0 Å². The van der Waals surface area contributed by atoms with E-state index in [1.165, 1.54) is 0 Å². The van der Waals surface area contributed by atoms with Crippen LogP contribution in [0.2, 0.25) is 0 Å². The molecule has 2 aliphatic heterocycles. The summed E-state index contributed by atoms with van der Waals surface area (Å²) in [5.74, 6) is -0.698. The first kappa shape index (κ1) is 19.5. The molecule has 0 bridgehead atoms. The van der Waals surface area contributed by atoms with Gasteiger partial charge in [-0.1, -0.05) is 30.3 Å². The van der Waals surface area contributed by atoms with Crippen molar-refractivity contribution in [3.05, 3.63) is 64.7 Å². The van der Waals surface area contributed by atoms with Crippen molar-refractivity contribution in [2.75, 3.05) is 0 Å². The normalized spacial score (nSPS) is 24.0. The largest absolute Gasteiger partial charge is 0.488 e. The molecule has 0 saturated carbocycles. The van der Waals surface area contributed by atoms with Gasteiger partial charge in [-0.05, 0) is 36.1 Å². The summed E-state index contributed by atoms with van der Waals surface area (Å²) in [5.41, 5.74) is 2.06. The summed E-state index contributed by atoms with van der Waals surface area (Å²) in [5, 5.41) is 31.5. The Morgan fingerprint density at radius 1 is 1.00 bits per heavy atom. The van der Waals surface area contributed by atoms with Gasteiger partial charge in [0.15, 0.2) is 0 Å². The number of hydrogen-bond acceptors (Lipinski definition) is 7. The molecule has 0 aliphatic carbocycles. The number of hydrogen-bond donors (Lipinski definition) is 4. The Labute approximate surface area is 167 Å². The zero-order valence-electron chi connectivity index (χ0n) is 15.6. The number of rotatable bonds is 5. The smallest absolute Gasteiger partial charge is 0.265 e. The summed E-state index contributed by atoms with van der Waals surface area (Å²) in [7, 11) is 0. The number of carbonyl (C=O) groups excluding carboxylic acids is 2. The van der Waals surface area contributed by atoms with Crippen molar-refractivity contribution < 1.29 is 29.6 Å². The molecule has 8 heteroatoms. The van der Waals surface area contributed by atoms with E-state index < -0.39 is 30.3 Å². The topological polar surface area (TPSA) is 119 Å². The fraction of sp³-hybridized carbons (Fsp3) is 0.333. The molecule has 152 valence electrons. The lowest BCUT2D eigenvalue weighted by Crippen LogP contribution is -2.58. The lowest BCUT2D eigenvalue weighted by molar-refractivity contribution is -0.0413. The number of piperidine rings is 1. The van der Waals surface area contributed by atoms with E-state index in [1.54, 1.807) is 30.3 Å². The van der Waals surface area contributed by atoms with E-state index in [-0.39, 0.29) is 24.3 Å². The van der Waals surface area contributed by atoms with E-state index in [9.17, 15) is 19.8 Å². The van der Waals surface area contributed by atoms with Gasteiger partial charge in [-0.15, -0.1) is 0 Å². The summed E-state index contributed by atoms with van der Waals surface area (Å²) in [4.78, 5) is 27.0. The average molecular weight is 398 g/mol. The molecule has 2 amide bonds. The van der Waals surface area contributed by atoms with Crippen molar-refractivity contribution >= 4 is 11.8 Å². The summed E-state index contributed by atoms with van der Waals surface area (Å²) in [6.45, 7) is 0.155. The number of aliphatic hydroxyl groups excluding tert-OH is 3. The van der Waals surface area contributed by atoms with Gasteiger partial charge in [-0.2, -0.15) is 0 Å². The van der Waals surface area contributed by atoms with Crippen molar-refractivity contribution in [2.24, 2.45) is 0 Å². The van der Waals surface area contributed by atoms with Crippen LogP contribution in [-0.4, -0.2) is 50.5 Å². The minimum atomic E-state index is -1.20. The maximum Gasteiger partial charge on any atom is 0.265 e. The summed E-state index contributed by atoms with van der Waals surface area (Å²) in [6.07, 6.45) is -1.45. The molecular weight excluding hydrogens is 376 g/mol. The molecule has 2 aromatic rings. The number of carbonyl (C=O) groups is 2. The fourth-order valence-corrected chi connectivity index (χ4v) is 3.74. The number of nitrogens with zero attached hydrogens (tertiary/aromatic N) is 1. The van der Waals surface area contributed by atoms with E-state index in [0.29, 0.717) is 18.6 Å². The highest BCUT2D eigenvalue weighted by Crippen LogP contribution is 2.34. The monoisotopic (exact) mass is 398 g/mol. The van der Waals surface area contributed by atoms with Crippen LogP contribution >= 0.6 is 0 Å². The average Bonchev–Trinajstić information content (AvgIpc) is 2.98. The lowest BCUT2D eigenvalue weighted by Gasteiger charge is -2.36. The molecule has 0 spiro atoms. The minimum Gasteiger partial charge on any atom is -0.488 e. The molecule has 1 fully saturated rings. The van der Waals surface area contributed by atoms with Crippen LogP contribution in [0.1, 0.15) is 44.7 Å². The van der Waals surface area contributed by atoms with Gasteiger partial charge in [0.1, 0.15) is 24.8 Å². The summed E-state index contributed by atoms with van der Waals surface area (Å²) >= 11 is 0. The number of fused-ring (bicyclic) bond motifs is 1. The number of benzene rings is 2. The van der Waals surface area contributed by atoms with Gasteiger partial charge in [0.2, 0.25) is 0 Å². The SMILES string of the molecule is O=C1c2cccc(OCc3ccc(CO)cc3)c2C(=O)N1C1CCC(O)NC1O. The van der Waals surface area contributed by atoms with Crippen LogP contribution in [0.5, 0.6) is 5.75 Å². The van der Waals surface area contributed by atoms with E-state index in [4.69, 9.17) is 9.84 Å².